The maximum absolute atomic E-state index is 11.9. The van der Waals surface area contributed by atoms with Gasteiger partial charge in [0.15, 0.2) is 5.82 Å². The number of nitrogens with one attached hydrogen (secondary N) is 1. The summed E-state index contributed by atoms with van der Waals surface area (Å²) in [5.41, 5.74) is 0.722. The van der Waals surface area contributed by atoms with Gasteiger partial charge in [-0.3, -0.25) is 4.79 Å². The molecule has 1 aromatic carbocycles. The zero-order valence-electron chi connectivity index (χ0n) is 11.9. The van der Waals surface area contributed by atoms with Crippen molar-refractivity contribution in [3.05, 3.63) is 35.1 Å². The van der Waals surface area contributed by atoms with Crippen molar-refractivity contribution in [2.45, 2.75) is 30.3 Å². The summed E-state index contributed by atoms with van der Waals surface area (Å²) in [5, 5.41) is 7.44. The predicted octanol–water partition coefficient (Wildman–Crippen LogP) is 3.29. The molecule has 2 heterocycles. The standard InChI is InChI=1S/C15H16ClN3O2S/c16-11-6-2-1-5-10(11)15-18-13(19-21-15)9-22-12-7-3-4-8-17-14(12)20/h1-2,5-6,12H,3-4,7-9H2,(H,17,20)/t12-/m0/s1. The summed E-state index contributed by atoms with van der Waals surface area (Å²) in [6.45, 7) is 0.773. The first kappa shape index (κ1) is 15.4. The summed E-state index contributed by atoms with van der Waals surface area (Å²) in [6, 6.07) is 7.34. The molecular weight excluding hydrogens is 322 g/mol. The third-order valence-electron chi connectivity index (χ3n) is 3.47. The van der Waals surface area contributed by atoms with Gasteiger partial charge >= 0.3 is 0 Å². The third kappa shape index (κ3) is 3.62. The number of thioether (sulfide) groups is 1. The van der Waals surface area contributed by atoms with E-state index < -0.39 is 0 Å². The van der Waals surface area contributed by atoms with E-state index >= 15 is 0 Å². The number of nitrogens with zero attached hydrogens (tertiary/aromatic N) is 2. The average Bonchev–Trinajstić information content (AvgIpc) is 2.89. The fourth-order valence-electron chi connectivity index (χ4n) is 2.30. The lowest BCUT2D eigenvalue weighted by Gasteiger charge is -2.10. The van der Waals surface area contributed by atoms with Crippen molar-refractivity contribution < 1.29 is 9.32 Å². The summed E-state index contributed by atoms with van der Waals surface area (Å²) in [6.07, 6.45) is 3.00. The molecule has 1 saturated heterocycles. The summed E-state index contributed by atoms with van der Waals surface area (Å²) in [7, 11) is 0. The summed E-state index contributed by atoms with van der Waals surface area (Å²) in [4.78, 5) is 16.3. The van der Waals surface area contributed by atoms with Crippen molar-refractivity contribution >= 4 is 29.3 Å². The minimum Gasteiger partial charge on any atom is -0.355 e. The summed E-state index contributed by atoms with van der Waals surface area (Å²) in [5.74, 6) is 1.65. The minimum absolute atomic E-state index is 0.0373. The Morgan fingerprint density at radius 2 is 2.23 bits per heavy atom. The van der Waals surface area contributed by atoms with Crippen molar-refractivity contribution in [2.75, 3.05) is 6.54 Å². The minimum atomic E-state index is -0.0373. The van der Waals surface area contributed by atoms with Crippen LogP contribution in [0.1, 0.15) is 25.1 Å². The van der Waals surface area contributed by atoms with E-state index in [-0.39, 0.29) is 11.2 Å². The Morgan fingerprint density at radius 1 is 1.36 bits per heavy atom. The predicted molar refractivity (Wildman–Crippen MR) is 86.7 cm³/mol. The lowest BCUT2D eigenvalue weighted by atomic mass is 10.2. The van der Waals surface area contributed by atoms with Crippen LogP contribution < -0.4 is 5.32 Å². The third-order valence-corrected chi connectivity index (χ3v) is 5.08. The highest BCUT2D eigenvalue weighted by atomic mass is 35.5. The van der Waals surface area contributed by atoms with Gasteiger partial charge in [0.05, 0.1) is 21.6 Å². The van der Waals surface area contributed by atoms with Crippen LogP contribution in [0, 0.1) is 0 Å². The van der Waals surface area contributed by atoms with Crippen LogP contribution in [-0.4, -0.2) is 27.8 Å². The molecule has 0 radical (unpaired) electrons. The normalized spacial score (nSPS) is 18.8. The van der Waals surface area contributed by atoms with Gasteiger partial charge in [0, 0.05) is 6.54 Å². The number of carbonyl (C=O) groups excluding carboxylic acids is 1. The molecule has 0 bridgehead atoms. The second-order valence-electron chi connectivity index (χ2n) is 5.08. The largest absolute Gasteiger partial charge is 0.355 e. The number of rotatable bonds is 4. The quantitative estimate of drug-likeness (QED) is 0.927. The molecule has 1 fully saturated rings. The zero-order valence-corrected chi connectivity index (χ0v) is 13.5. The maximum atomic E-state index is 11.9. The molecule has 1 aromatic heterocycles. The van der Waals surface area contributed by atoms with Gasteiger partial charge in [-0.15, -0.1) is 11.8 Å². The van der Waals surface area contributed by atoms with Gasteiger partial charge in [0.25, 0.3) is 5.89 Å². The van der Waals surface area contributed by atoms with Crippen LogP contribution >= 0.6 is 23.4 Å². The van der Waals surface area contributed by atoms with E-state index in [0.717, 1.165) is 31.4 Å². The molecule has 0 saturated carbocycles. The lowest BCUT2D eigenvalue weighted by Crippen LogP contribution is -2.30. The summed E-state index contributed by atoms with van der Waals surface area (Å²) >= 11 is 7.67. The molecule has 1 aliphatic heterocycles. The second kappa shape index (κ2) is 7.15. The number of halogens is 1. The fourth-order valence-corrected chi connectivity index (χ4v) is 3.55. The lowest BCUT2D eigenvalue weighted by molar-refractivity contribution is -0.120. The number of carbonyl (C=O) groups is 1. The number of benzene rings is 1. The molecule has 7 heteroatoms. The first-order valence-electron chi connectivity index (χ1n) is 7.21. The molecule has 3 rings (SSSR count). The van der Waals surface area contributed by atoms with Crippen LogP contribution in [0.25, 0.3) is 11.5 Å². The first-order valence-corrected chi connectivity index (χ1v) is 8.63. The van der Waals surface area contributed by atoms with Gasteiger partial charge in [-0.1, -0.05) is 35.3 Å². The fraction of sp³-hybridized carbons (Fsp3) is 0.400. The van der Waals surface area contributed by atoms with Crippen molar-refractivity contribution in [3.8, 4) is 11.5 Å². The second-order valence-corrected chi connectivity index (χ2v) is 6.68. The molecule has 1 N–H and O–H groups in total. The molecule has 0 spiro atoms. The van der Waals surface area contributed by atoms with Crippen LogP contribution in [0.3, 0.4) is 0 Å². The van der Waals surface area contributed by atoms with Crippen LogP contribution in [-0.2, 0) is 10.5 Å². The van der Waals surface area contributed by atoms with Crippen molar-refractivity contribution in [2.24, 2.45) is 0 Å². The topological polar surface area (TPSA) is 68.0 Å². The van der Waals surface area contributed by atoms with Crippen LogP contribution in [0.5, 0.6) is 0 Å². The van der Waals surface area contributed by atoms with Crippen molar-refractivity contribution in [3.63, 3.8) is 0 Å². The highest BCUT2D eigenvalue weighted by Crippen LogP contribution is 2.27. The van der Waals surface area contributed by atoms with Gasteiger partial charge in [-0.05, 0) is 25.0 Å². The van der Waals surface area contributed by atoms with Gasteiger partial charge in [-0.25, -0.2) is 0 Å². The number of amides is 1. The Kier molecular flexibility index (Phi) is 5.00. The maximum Gasteiger partial charge on any atom is 0.259 e. The van der Waals surface area contributed by atoms with Crippen LogP contribution in [0.15, 0.2) is 28.8 Å². The Bertz CT molecular complexity index is 662. The molecule has 0 aliphatic carbocycles. The smallest absolute Gasteiger partial charge is 0.259 e. The number of aromatic nitrogens is 2. The van der Waals surface area contributed by atoms with Crippen molar-refractivity contribution in [1.29, 1.82) is 0 Å². The molecular formula is C15H16ClN3O2S. The van der Waals surface area contributed by atoms with Gasteiger partial charge < -0.3 is 9.84 Å². The molecule has 116 valence electrons. The van der Waals surface area contributed by atoms with Crippen molar-refractivity contribution in [1.82, 2.24) is 15.5 Å². The van der Waals surface area contributed by atoms with Gasteiger partial charge in [-0.2, -0.15) is 4.98 Å². The Labute approximate surface area is 137 Å². The van der Waals surface area contributed by atoms with Gasteiger partial charge in [0.2, 0.25) is 5.91 Å². The zero-order chi connectivity index (χ0) is 15.4. The van der Waals surface area contributed by atoms with E-state index in [2.05, 4.69) is 15.5 Å². The van der Waals surface area contributed by atoms with Crippen LogP contribution in [0.2, 0.25) is 5.02 Å². The van der Waals surface area contributed by atoms with Gasteiger partial charge in [0.1, 0.15) is 0 Å². The molecule has 2 aromatic rings. The monoisotopic (exact) mass is 337 g/mol. The highest BCUT2D eigenvalue weighted by molar-refractivity contribution is 7.99. The average molecular weight is 338 g/mol. The molecule has 5 nitrogen and oxygen atoms in total. The molecule has 1 amide bonds. The first-order chi connectivity index (χ1) is 10.7. The number of hydrogen-bond acceptors (Lipinski definition) is 5. The molecule has 0 unspecified atom stereocenters. The molecule has 22 heavy (non-hydrogen) atoms. The Morgan fingerprint density at radius 3 is 3.09 bits per heavy atom. The summed E-state index contributed by atoms with van der Waals surface area (Å²) < 4.78 is 5.26. The van der Waals surface area contributed by atoms with E-state index in [4.69, 9.17) is 16.1 Å². The van der Waals surface area contributed by atoms with E-state index in [1.165, 1.54) is 0 Å². The molecule has 1 aliphatic rings. The Hall–Kier alpha value is -1.53. The van der Waals surface area contributed by atoms with E-state index in [1.807, 2.05) is 18.2 Å². The van der Waals surface area contributed by atoms with E-state index in [9.17, 15) is 4.79 Å². The highest BCUT2D eigenvalue weighted by Gasteiger charge is 2.22. The Balaban J connectivity index is 1.65. The van der Waals surface area contributed by atoms with Crippen LogP contribution in [0.4, 0.5) is 0 Å². The van der Waals surface area contributed by atoms with E-state index in [0.29, 0.717) is 22.5 Å². The SMILES string of the molecule is O=C1NCCCC[C@@H]1SCc1noc(-c2ccccc2Cl)n1. The number of hydrogen-bond donors (Lipinski definition) is 1. The molecule has 1 atom stereocenters. The van der Waals surface area contributed by atoms with E-state index in [1.54, 1.807) is 17.8 Å².